The Hall–Kier alpha value is -4.17. The SMILES string of the molecule is O=C(O)CCC(NC(=O)OCC1c2ccccc2-c2ccccc21)C(=O)NCC1CCCN(Cc2ccccc2)C1. The van der Waals surface area contributed by atoms with Crippen LogP contribution in [0.15, 0.2) is 78.9 Å². The number of aliphatic carboxylic acids is 1. The number of ether oxygens (including phenoxy) is 1. The Morgan fingerprint density at radius 2 is 1.59 bits per heavy atom. The van der Waals surface area contributed by atoms with Crippen LogP contribution in [0.5, 0.6) is 0 Å². The average Bonchev–Trinajstić information content (AvgIpc) is 3.31. The van der Waals surface area contributed by atoms with Gasteiger partial charge in [0.15, 0.2) is 0 Å². The molecule has 2 aliphatic rings. The van der Waals surface area contributed by atoms with E-state index in [0.717, 1.165) is 54.7 Å². The van der Waals surface area contributed by atoms with Crippen LogP contribution in [-0.2, 0) is 20.9 Å². The lowest BCUT2D eigenvalue weighted by Gasteiger charge is -2.33. The van der Waals surface area contributed by atoms with Crippen LogP contribution in [0.1, 0.15) is 48.3 Å². The highest BCUT2D eigenvalue weighted by atomic mass is 16.5. The van der Waals surface area contributed by atoms with Crippen LogP contribution in [-0.4, -0.2) is 60.3 Å². The topological polar surface area (TPSA) is 108 Å². The molecule has 0 radical (unpaired) electrons. The molecule has 1 fully saturated rings. The van der Waals surface area contributed by atoms with Crippen molar-refractivity contribution in [2.45, 2.75) is 44.2 Å². The van der Waals surface area contributed by atoms with Crippen molar-refractivity contribution >= 4 is 18.0 Å². The monoisotopic (exact) mass is 555 g/mol. The first-order valence-electron chi connectivity index (χ1n) is 14.3. The number of carboxylic acid groups (broad SMARTS) is 1. The fraction of sp³-hybridized carbons (Fsp3) is 0.364. The third-order valence-corrected chi connectivity index (χ3v) is 8.02. The van der Waals surface area contributed by atoms with Crippen molar-refractivity contribution < 1.29 is 24.2 Å². The molecule has 1 saturated heterocycles. The zero-order valence-corrected chi connectivity index (χ0v) is 23.1. The lowest BCUT2D eigenvalue weighted by molar-refractivity contribution is -0.137. The molecule has 5 rings (SSSR count). The zero-order chi connectivity index (χ0) is 28.6. The number of amides is 2. The Morgan fingerprint density at radius 3 is 2.27 bits per heavy atom. The number of carbonyl (C=O) groups is 3. The maximum atomic E-state index is 13.1. The van der Waals surface area contributed by atoms with E-state index in [1.807, 2.05) is 54.6 Å². The normalized spacial score (nSPS) is 17.2. The molecule has 3 aromatic carbocycles. The Bertz CT molecular complexity index is 1320. The summed E-state index contributed by atoms with van der Waals surface area (Å²) in [4.78, 5) is 39.6. The number of hydrogen-bond acceptors (Lipinski definition) is 5. The largest absolute Gasteiger partial charge is 0.481 e. The molecule has 2 unspecified atom stereocenters. The average molecular weight is 556 g/mol. The van der Waals surface area contributed by atoms with Gasteiger partial charge in [-0.2, -0.15) is 0 Å². The van der Waals surface area contributed by atoms with Gasteiger partial charge in [-0.3, -0.25) is 14.5 Å². The maximum absolute atomic E-state index is 13.1. The Labute approximate surface area is 240 Å². The molecule has 0 aromatic heterocycles. The van der Waals surface area contributed by atoms with Gasteiger partial charge in [0, 0.05) is 32.0 Å². The molecule has 0 bridgehead atoms. The number of nitrogens with one attached hydrogen (secondary N) is 2. The number of carboxylic acids is 1. The fourth-order valence-corrected chi connectivity index (χ4v) is 5.99. The number of benzene rings is 3. The third kappa shape index (κ3) is 7.32. The van der Waals surface area contributed by atoms with Crippen LogP contribution >= 0.6 is 0 Å². The summed E-state index contributed by atoms with van der Waals surface area (Å²) in [7, 11) is 0. The van der Waals surface area contributed by atoms with E-state index in [-0.39, 0.29) is 37.2 Å². The van der Waals surface area contributed by atoms with Crippen LogP contribution < -0.4 is 10.6 Å². The summed E-state index contributed by atoms with van der Waals surface area (Å²) in [6, 6.07) is 25.5. The van der Waals surface area contributed by atoms with Crippen LogP contribution in [0.4, 0.5) is 4.79 Å². The molecule has 1 aliphatic heterocycles. The van der Waals surface area contributed by atoms with Crippen molar-refractivity contribution in [2.75, 3.05) is 26.2 Å². The summed E-state index contributed by atoms with van der Waals surface area (Å²) in [6.45, 7) is 3.35. The highest BCUT2D eigenvalue weighted by Crippen LogP contribution is 2.44. The molecule has 1 aliphatic carbocycles. The summed E-state index contributed by atoms with van der Waals surface area (Å²) in [5.74, 6) is -1.24. The van der Waals surface area contributed by atoms with Crippen LogP contribution in [0.25, 0.3) is 11.1 Å². The molecule has 3 aromatic rings. The van der Waals surface area contributed by atoms with Crippen molar-refractivity contribution in [1.29, 1.82) is 0 Å². The van der Waals surface area contributed by atoms with E-state index < -0.39 is 18.1 Å². The molecular weight excluding hydrogens is 518 g/mol. The summed E-state index contributed by atoms with van der Waals surface area (Å²) >= 11 is 0. The maximum Gasteiger partial charge on any atom is 0.407 e. The van der Waals surface area contributed by atoms with Gasteiger partial charge < -0.3 is 20.5 Å². The van der Waals surface area contributed by atoms with Gasteiger partial charge in [0.05, 0.1) is 0 Å². The number of nitrogens with zero attached hydrogens (tertiary/aromatic N) is 1. The van der Waals surface area contributed by atoms with Gasteiger partial charge in [0.2, 0.25) is 5.91 Å². The van der Waals surface area contributed by atoms with Gasteiger partial charge in [-0.25, -0.2) is 4.79 Å². The summed E-state index contributed by atoms with van der Waals surface area (Å²) in [5.41, 5.74) is 5.70. The highest BCUT2D eigenvalue weighted by Gasteiger charge is 2.30. The van der Waals surface area contributed by atoms with Crippen molar-refractivity contribution in [3.8, 4) is 11.1 Å². The second-order valence-corrected chi connectivity index (χ2v) is 10.9. The number of alkyl carbamates (subject to hydrolysis) is 1. The number of piperidine rings is 1. The predicted molar refractivity (Wildman–Crippen MR) is 156 cm³/mol. The third-order valence-electron chi connectivity index (χ3n) is 8.02. The summed E-state index contributed by atoms with van der Waals surface area (Å²) in [6.07, 6.45) is 1.06. The molecule has 2 amide bonds. The second-order valence-electron chi connectivity index (χ2n) is 10.9. The van der Waals surface area contributed by atoms with Gasteiger partial charge in [-0.05, 0) is 59.5 Å². The quantitative estimate of drug-likeness (QED) is 0.314. The molecule has 1 heterocycles. The lowest BCUT2D eigenvalue weighted by Crippen LogP contribution is -2.49. The minimum Gasteiger partial charge on any atom is -0.481 e. The van der Waals surface area contributed by atoms with Gasteiger partial charge in [-0.15, -0.1) is 0 Å². The number of fused-ring (bicyclic) bond motifs is 3. The molecule has 214 valence electrons. The number of carbonyl (C=O) groups excluding carboxylic acids is 2. The van der Waals surface area contributed by atoms with Crippen LogP contribution in [0.3, 0.4) is 0 Å². The first kappa shape index (κ1) is 28.4. The minimum atomic E-state index is -1.03. The highest BCUT2D eigenvalue weighted by molar-refractivity contribution is 5.86. The van der Waals surface area contributed by atoms with E-state index in [4.69, 9.17) is 4.74 Å². The molecule has 3 N–H and O–H groups in total. The Morgan fingerprint density at radius 1 is 0.927 bits per heavy atom. The Kier molecular flexibility index (Phi) is 9.31. The van der Waals surface area contributed by atoms with Gasteiger partial charge in [0.1, 0.15) is 12.6 Å². The van der Waals surface area contributed by atoms with E-state index in [1.165, 1.54) is 5.56 Å². The predicted octanol–water partition coefficient (Wildman–Crippen LogP) is 4.79. The van der Waals surface area contributed by atoms with E-state index >= 15 is 0 Å². The summed E-state index contributed by atoms with van der Waals surface area (Å²) in [5, 5.41) is 14.8. The van der Waals surface area contributed by atoms with Crippen LogP contribution in [0, 0.1) is 5.92 Å². The molecule has 41 heavy (non-hydrogen) atoms. The van der Waals surface area contributed by atoms with Crippen molar-refractivity contribution in [2.24, 2.45) is 5.92 Å². The molecule has 0 saturated carbocycles. The zero-order valence-electron chi connectivity index (χ0n) is 23.1. The first-order valence-corrected chi connectivity index (χ1v) is 14.3. The molecule has 0 spiro atoms. The standard InChI is InChI=1S/C33H37N3O5/c37-31(38)17-16-30(32(39)34-19-24-11-8-18-36(21-24)20-23-9-2-1-3-10-23)35-33(40)41-22-29-27-14-6-4-12-25(27)26-13-5-7-15-28(26)29/h1-7,9-10,12-15,24,29-30H,8,11,16-22H2,(H,34,39)(H,35,40)(H,37,38). The van der Waals surface area contributed by atoms with Gasteiger partial charge in [-0.1, -0.05) is 78.9 Å². The van der Waals surface area contributed by atoms with Gasteiger partial charge in [0.25, 0.3) is 0 Å². The lowest BCUT2D eigenvalue weighted by atomic mass is 9.97. The van der Waals surface area contributed by atoms with E-state index in [9.17, 15) is 19.5 Å². The fourth-order valence-electron chi connectivity index (χ4n) is 5.99. The molecular formula is C33H37N3O5. The smallest absolute Gasteiger partial charge is 0.407 e. The molecule has 8 nitrogen and oxygen atoms in total. The first-order chi connectivity index (χ1) is 20.0. The minimum absolute atomic E-state index is 0.0177. The number of rotatable bonds is 11. The molecule has 2 atom stereocenters. The van der Waals surface area contributed by atoms with Crippen molar-refractivity contribution in [1.82, 2.24) is 15.5 Å². The van der Waals surface area contributed by atoms with Crippen molar-refractivity contribution in [3.05, 3.63) is 95.6 Å². The second kappa shape index (κ2) is 13.5. The van der Waals surface area contributed by atoms with Gasteiger partial charge >= 0.3 is 12.1 Å². The molecule has 8 heteroatoms. The van der Waals surface area contributed by atoms with E-state index in [2.05, 4.69) is 39.8 Å². The van der Waals surface area contributed by atoms with Crippen LogP contribution in [0.2, 0.25) is 0 Å². The van der Waals surface area contributed by atoms with E-state index in [1.54, 1.807) is 0 Å². The number of likely N-dealkylation sites (tertiary alicyclic amines) is 1. The summed E-state index contributed by atoms with van der Waals surface area (Å²) < 4.78 is 5.61. The number of hydrogen-bond donors (Lipinski definition) is 3. The van der Waals surface area contributed by atoms with E-state index in [0.29, 0.717) is 6.54 Å². The van der Waals surface area contributed by atoms with Crippen molar-refractivity contribution in [3.63, 3.8) is 0 Å². The Balaban J connectivity index is 1.15.